The number of carbonyl (C=O) groups is 1. The predicted molar refractivity (Wildman–Crippen MR) is 63.1 cm³/mol. The van der Waals surface area contributed by atoms with Crippen molar-refractivity contribution >= 4 is 5.91 Å². The van der Waals surface area contributed by atoms with Gasteiger partial charge < -0.3 is 10.6 Å². The van der Waals surface area contributed by atoms with Crippen molar-refractivity contribution in [3.63, 3.8) is 0 Å². The summed E-state index contributed by atoms with van der Waals surface area (Å²) in [6.45, 7) is 4.02. The summed E-state index contributed by atoms with van der Waals surface area (Å²) in [7, 11) is 1.90. The molecular formula is C11H20N4O. The van der Waals surface area contributed by atoms with Gasteiger partial charge in [-0.3, -0.25) is 9.48 Å². The van der Waals surface area contributed by atoms with Crippen LogP contribution in [0.2, 0.25) is 0 Å². The number of hydrogen-bond donors (Lipinski definition) is 2. The highest BCUT2D eigenvalue weighted by atomic mass is 16.1. The van der Waals surface area contributed by atoms with E-state index in [9.17, 15) is 4.79 Å². The normalized spacial score (nSPS) is 10.4. The van der Waals surface area contributed by atoms with Gasteiger partial charge in [0.25, 0.3) is 0 Å². The van der Waals surface area contributed by atoms with Crippen molar-refractivity contribution < 1.29 is 4.79 Å². The Morgan fingerprint density at radius 3 is 2.94 bits per heavy atom. The average molecular weight is 224 g/mol. The molecule has 90 valence electrons. The summed E-state index contributed by atoms with van der Waals surface area (Å²) in [5.41, 5.74) is 1.13. The molecule has 1 amide bonds. The van der Waals surface area contributed by atoms with Crippen molar-refractivity contribution in [2.24, 2.45) is 7.05 Å². The lowest BCUT2D eigenvalue weighted by Gasteiger charge is -2.06. The number of rotatable bonds is 7. The lowest BCUT2D eigenvalue weighted by molar-refractivity contribution is -0.120. The second kappa shape index (κ2) is 7.00. The van der Waals surface area contributed by atoms with Crippen LogP contribution in [0.5, 0.6) is 0 Å². The van der Waals surface area contributed by atoms with Crippen LogP contribution >= 0.6 is 0 Å². The van der Waals surface area contributed by atoms with E-state index in [1.165, 1.54) is 0 Å². The Hall–Kier alpha value is -1.36. The lowest BCUT2D eigenvalue weighted by Crippen LogP contribution is -2.35. The maximum Gasteiger partial charge on any atom is 0.233 e. The molecule has 1 heterocycles. The molecule has 0 unspecified atom stereocenters. The van der Waals surface area contributed by atoms with E-state index in [0.29, 0.717) is 13.1 Å². The highest BCUT2D eigenvalue weighted by molar-refractivity contribution is 5.77. The maximum atomic E-state index is 11.3. The van der Waals surface area contributed by atoms with Crippen LogP contribution in [0.3, 0.4) is 0 Å². The molecule has 0 fully saturated rings. The predicted octanol–water partition coefficient (Wildman–Crippen LogP) is 0.0784. The van der Waals surface area contributed by atoms with Crippen LogP contribution in [-0.2, 0) is 18.3 Å². The molecule has 0 aromatic carbocycles. The first-order chi connectivity index (χ1) is 7.74. The van der Waals surface area contributed by atoms with Crippen molar-refractivity contribution in [1.29, 1.82) is 0 Å². The summed E-state index contributed by atoms with van der Waals surface area (Å²) in [4.78, 5) is 11.3. The largest absolute Gasteiger partial charge is 0.355 e. The average Bonchev–Trinajstić information content (AvgIpc) is 2.65. The second-order valence-corrected chi connectivity index (χ2v) is 3.72. The number of nitrogens with zero attached hydrogens (tertiary/aromatic N) is 2. The quantitative estimate of drug-likeness (QED) is 0.645. The van der Waals surface area contributed by atoms with Crippen LogP contribution in [0.4, 0.5) is 0 Å². The van der Waals surface area contributed by atoms with Crippen molar-refractivity contribution in [3.8, 4) is 0 Å². The van der Waals surface area contributed by atoms with E-state index in [4.69, 9.17) is 0 Å². The third-order valence-electron chi connectivity index (χ3n) is 2.34. The molecule has 0 aliphatic rings. The smallest absolute Gasteiger partial charge is 0.233 e. The summed E-state index contributed by atoms with van der Waals surface area (Å²) in [5, 5.41) is 9.99. The molecule has 0 radical (unpaired) electrons. The zero-order chi connectivity index (χ0) is 11.8. The Morgan fingerprint density at radius 1 is 1.50 bits per heavy atom. The first-order valence-corrected chi connectivity index (χ1v) is 5.68. The minimum Gasteiger partial charge on any atom is -0.355 e. The number of carbonyl (C=O) groups excluding carboxylic acids is 1. The molecule has 16 heavy (non-hydrogen) atoms. The van der Waals surface area contributed by atoms with E-state index in [1.807, 2.05) is 17.8 Å². The van der Waals surface area contributed by atoms with Crippen LogP contribution in [0.15, 0.2) is 12.3 Å². The maximum absolute atomic E-state index is 11.3. The van der Waals surface area contributed by atoms with E-state index >= 15 is 0 Å². The fraction of sp³-hybridized carbons (Fsp3) is 0.636. The molecule has 1 aromatic rings. The number of aryl methyl sites for hydroxylation is 1. The molecule has 0 spiro atoms. The molecule has 1 aromatic heterocycles. The number of nitrogens with one attached hydrogen (secondary N) is 2. The van der Waals surface area contributed by atoms with E-state index in [0.717, 1.165) is 25.1 Å². The van der Waals surface area contributed by atoms with Crippen LogP contribution in [0, 0.1) is 0 Å². The van der Waals surface area contributed by atoms with Gasteiger partial charge in [0.15, 0.2) is 0 Å². The van der Waals surface area contributed by atoms with E-state index in [-0.39, 0.29) is 5.91 Å². The summed E-state index contributed by atoms with van der Waals surface area (Å²) < 4.78 is 1.82. The van der Waals surface area contributed by atoms with Crippen LogP contribution < -0.4 is 10.6 Å². The number of amides is 1. The third-order valence-corrected chi connectivity index (χ3v) is 2.34. The van der Waals surface area contributed by atoms with E-state index < -0.39 is 0 Å². The Kier molecular flexibility index (Phi) is 5.56. The van der Waals surface area contributed by atoms with Crippen molar-refractivity contribution in [2.75, 3.05) is 19.6 Å². The molecule has 0 saturated heterocycles. The van der Waals surface area contributed by atoms with Gasteiger partial charge in [0.2, 0.25) is 5.91 Å². The van der Waals surface area contributed by atoms with Crippen molar-refractivity contribution in [2.45, 2.75) is 19.8 Å². The third kappa shape index (κ3) is 4.44. The Morgan fingerprint density at radius 2 is 2.31 bits per heavy atom. The van der Waals surface area contributed by atoms with Gasteiger partial charge in [-0.1, -0.05) is 6.92 Å². The molecule has 0 saturated carbocycles. The molecule has 5 nitrogen and oxygen atoms in total. The van der Waals surface area contributed by atoms with Crippen molar-refractivity contribution in [1.82, 2.24) is 20.4 Å². The highest BCUT2D eigenvalue weighted by Crippen LogP contribution is 1.95. The number of hydrogen-bond acceptors (Lipinski definition) is 3. The highest BCUT2D eigenvalue weighted by Gasteiger charge is 2.01. The monoisotopic (exact) mass is 224 g/mol. The zero-order valence-corrected chi connectivity index (χ0v) is 9.99. The standard InChI is InChI=1S/C11H20N4O/c1-3-6-12-9-11(16)13-7-4-10-5-8-14-15(10)2/h5,8,12H,3-4,6-7,9H2,1-2H3,(H,13,16). The first kappa shape index (κ1) is 12.7. The van der Waals surface area contributed by atoms with Gasteiger partial charge in [-0.15, -0.1) is 0 Å². The van der Waals surface area contributed by atoms with Crippen LogP contribution in [0.25, 0.3) is 0 Å². The molecule has 0 aliphatic carbocycles. The number of aromatic nitrogens is 2. The van der Waals surface area contributed by atoms with Gasteiger partial charge in [-0.2, -0.15) is 5.10 Å². The summed E-state index contributed by atoms with van der Waals surface area (Å²) >= 11 is 0. The lowest BCUT2D eigenvalue weighted by atomic mass is 10.3. The molecular weight excluding hydrogens is 204 g/mol. The SMILES string of the molecule is CCCNCC(=O)NCCc1ccnn1C. The Labute approximate surface area is 96.2 Å². The van der Waals surface area contributed by atoms with E-state index in [2.05, 4.69) is 22.7 Å². The molecule has 2 N–H and O–H groups in total. The van der Waals surface area contributed by atoms with Gasteiger partial charge in [0, 0.05) is 31.9 Å². The topological polar surface area (TPSA) is 59.0 Å². The zero-order valence-electron chi connectivity index (χ0n) is 9.99. The van der Waals surface area contributed by atoms with Crippen LogP contribution in [-0.4, -0.2) is 35.3 Å². The van der Waals surface area contributed by atoms with Gasteiger partial charge in [-0.05, 0) is 19.0 Å². The van der Waals surface area contributed by atoms with E-state index in [1.54, 1.807) is 6.20 Å². The molecule has 0 bridgehead atoms. The first-order valence-electron chi connectivity index (χ1n) is 5.68. The van der Waals surface area contributed by atoms with Crippen molar-refractivity contribution in [3.05, 3.63) is 18.0 Å². The summed E-state index contributed by atoms with van der Waals surface area (Å²) in [5.74, 6) is 0.0515. The second-order valence-electron chi connectivity index (χ2n) is 3.72. The fourth-order valence-electron chi connectivity index (χ4n) is 1.42. The minimum atomic E-state index is 0.0515. The molecule has 0 atom stereocenters. The van der Waals surface area contributed by atoms with Gasteiger partial charge in [0.05, 0.1) is 6.54 Å². The van der Waals surface area contributed by atoms with Gasteiger partial charge in [0.1, 0.15) is 0 Å². The van der Waals surface area contributed by atoms with Gasteiger partial charge in [-0.25, -0.2) is 0 Å². The molecule has 0 aliphatic heterocycles. The van der Waals surface area contributed by atoms with Crippen LogP contribution in [0.1, 0.15) is 19.0 Å². The Balaban J connectivity index is 2.11. The minimum absolute atomic E-state index is 0.0515. The Bertz CT molecular complexity index is 322. The summed E-state index contributed by atoms with van der Waals surface area (Å²) in [6, 6.07) is 1.96. The summed E-state index contributed by atoms with van der Waals surface area (Å²) in [6.07, 6.45) is 3.62. The molecule has 5 heteroatoms. The fourth-order valence-corrected chi connectivity index (χ4v) is 1.42. The molecule has 1 rings (SSSR count). The van der Waals surface area contributed by atoms with Gasteiger partial charge >= 0.3 is 0 Å².